The molecule has 222 valence electrons. The van der Waals surface area contributed by atoms with Crippen molar-refractivity contribution >= 4 is 17.9 Å². The molecule has 0 unspecified atom stereocenters. The molecule has 0 radical (unpaired) electrons. The molecule has 0 amide bonds. The molecule has 0 aromatic carbocycles. The molecule has 0 bridgehead atoms. The van der Waals surface area contributed by atoms with Gasteiger partial charge in [0.1, 0.15) is 25.5 Å². The van der Waals surface area contributed by atoms with Crippen molar-refractivity contribution in [3.05, 3.63) is 23.8 Å². The highest BCUT2D eigenvalue weighted by Gasteiger charge is 2.81. The zero-order valence-corrected chi connectivity index (χ0v) is 23.7. The van der Waals surface area contributed by atoms with Crippen molar-refractivity contribution in [2.24, 2.45) is 22.7 Å². The minimum atomic E-state index is -2.30. The first kappa shape index (κ1) is 29.1. The Kier molecular flexibility index (Phi) is 6.79. The van der Waals surface area contributed by atoms with E-state index < -0.39 is 76.0 Å². The zero-order chi connectivity index (χ0) is 29.5. The third-order valence-corrected chi connectivity index (χ3v) is 9.79. The molecule has 5 aliphatic rings. The smallest absolute Gasteiger partial charge is 0.460 e. The van der Waals surface area contributed by atoms with Crippen LogP contribution in [-0.4, -0.2) is 77.8 Å². The summed E-state index contributed by atoms with van der Waals surface area (Å²) in [7, 11) is 0. The van der Waals surface area contributed by atoms with Crippen LogP contribution in [0.5, 0.6) is 0 Å². The van der Waals surface area contributed by atoms with Gasteiger partial charge in [0.15, 0.2) is 22.8 Å². The van der Waals surface area contributed by atoms with E-state index in [1.165, 1.54) is 19.1 Å². The van der Waals surface area contributed by atoms with Crippen molar-refractivity contribution < 1.29 is 52.0 Å². The molecule has 0 aromatic heterocycles. The molecular weight excluding hydrogens is 530 g/mol. The number of ketones is 1. The van der Waals surface area contributed by atoms with Crippen LogP contribution in [-0.2, 0) is 33.3 Å². The fraction of sp³-hybridized carbons (Fsp3) is 0.759. The van der Waals surface area contributed by atoms with Crippen molar-refractivity contribution in [1.82, 2.24) is 0 Å². The lowest BCUT2D eigenvalue weighted by Gasteiger charge is -2.63. The van der Waals surface area contributed by atoms with Gasteiger partial charge in [0.2, 0.25) is 0 Å². The molecule has 0 aromatic rings. The molecule has 1 saturated heterocycles. The van der Waals surface area contributed by atoms with Crippen LogP contribution in [0.25, 0.3) is 0 Å². The summed E-state index contributed by atoms with van der Waals surface area (Å²) in [5.41, 5.74) is -6.72. The van der Waals surface area contributed by atoms with Gasteiger partial charge in [0, 0.05) is 16.7 Å². The van der Waals surface area contributed by atoms with Gasteiger partial charge in [-0.3, -0.25) is 4.79 Å². The maximum Gasteiger partial charge on any atom is 0.508 e. The first-order valence-corrected chi connectivity index (χ1v) is 13.9. The van der Waals surface area contributed by atoms with Crippen LogP contribution in [0.15, 0.2) is 23.8 Å². The average Bonchev–Trinajstić information content (AvgIpc) is 3.25. The van der Waals surface area contributed by atoms with E-state index in [2.05, 4.69) is 0 Å². The molecule has 5 rings (SSSR count). The molecular formula is C29H38F2O9. The SMILES string of the molecule is CC(C)OC(=O)OCCOC(=O)[C@@]12OC(C)(C)O[C@@H]1C[C@H]1[C@@H]3C[C@H](F)C4=CC(=O)C=C[C@]4(C)[C@@]3(F)[C@@H](O)C[C@@]12C. The van der Waals surface area contributed by atoms with Gasteiger partial charge in [-0.2, -0.15) is 0 Å². The van der Waals surface area contributed by atoms with Crippen molar-refractivity contribution in [3.63, 3.8) is 0 Å². The normalized spacial score (nSPS) is 44.7. The molecule has 9 atom stereocenters. The van der Waals surface area contributed by atoms with E-state index in [1.807, 2.05) is 0 Å². The first-order valence-electron chi connectivity index (χ1n) is 13.9. The summed E-state index contributed by atoms with van der Waals surface area (Å²) in [5.74, 6) is -4.01. The predicted molar refractivity (Wildman–Crippen MR) is 135 cm³/mol. The second-order valence-corrected chi connectivity index (χ2v) is 12.8. The van der Waals surface area contributed by atoms with Gasteiger partial charge in [-0.25, -0.2) is 18.4 Å². The van der Waals surface area contributed by atoms with Crippen LogP contribution in [0.4, 0.5) is 13.6 Å². The Morgan fingerprint density at radius 3 is 2.48 bits per heavy atom. The van der Waals surface area contributed by atoms with Crippen LogP contribution < -0.4 is 0 Å². The largest absolute Gasteiger partial charge is 0.508 e. The third kappa shape index (κ3) is 3.90. The Bertz CT molecular complexity index is 1170. The maximum absolute atomic E-state index is 17.4. The second kappa shape index (κ2) is 9.32. The highest BCUT2D eigenvalue weighted by atomic mass is 19.1. The number of hydrogen-bond donors (Lipinski definition) is 1. The number of carbonyl (C=O) groups is 3. The zero-order valence-electron chi connectivity index (χ0n) is 23.7. The van der Waals surface area contributed by atoms with Crippen molar-refractivity contribution in [2.75, 3.05) is 13.2 Å². The molecule has 1 heterocycles. The topological polar surface area (TPSA) is 118 Å². The fourth-order valence-corrected chi connectivity index (χ4v) is 8.25. The number of halogens is 2. The van der Waals surface area contributed by atoms with Crippen molar-refractivity contribution in [3.8, 4) is 0 Å². The lowest BCUT2D eigenvalue weighted by molar-refractivity contribution is -0.255. The highest BCUT2D eigenvalue weighted by molar-refractivity contribution is 6.01. The number of allylic oxidation sites excluding steroid dienone is 4. The van der Waals surface area contributed by atoms with Crippen LogP contribution in [0.3, 0.4) is 0 Å². The molecule has 0 spiro atoms. The Labute approximate surface area is 232 Å². The van der Waals surface area contributed by atoms with Gasteiger partial charge in [-0.1, -0.05) is 13.0 Å². The molecule has 3 saturated carbocycles. The Morgan fingerprint density at radius 1 is 1.12 bits per heavy atom. The number of carbonyl (C=O) groups excluding carboxylic acids is 3. The Hall–Kier alpha value is -2.37. The van der Waals surface area contributed by atoms with E-state index in [0.29, 0.717) is 0 Å². The van der Waals surface area contributed by atoms with Gasteiger partial charge in [-0.15, -0.1) is 0 Å². The monoisotopic (exact) mass is 568 g/mol. The fourth-order valence-electron chi connectivity index (χ4n) is 8.25. The number of hydrogen-bond acceptors (Lipinski definition) is 9. The maximum atomic E-state index is 17.4. The minimum Gasteiger partial charge on any atom is -0.460 e. The van der Waals surface area contributed by atoms with E-state index in [4.69, 9.17) is 23.7 Å². The van der Waals surface area contributed by atoms with Gasteiger partial charge in [-0.05, 0) is 77.5 Å². The second-order valence-electron chi connectivity index (χ2n) is 12.8. The highest BCUT2D eigenvalue weighted by Crippen LogP contribution is 2.72. The van der Waals surface area contributed by atoms with Crippen molar-refractivity contribution in [1.29, 1.82) is 0 Å². The lowest BCUT2D eigenvalue weighted by Crippen LogP contribution is -2.71. The molecule has 40 heavy (non-hydrogen) atoms. The van der Waals surface area contributed by atoms with Crippen LogP contribution >= 0.6 is 0 Å². The molecule has 11 heteroatoms. The number of aliphatic hydroxyl groups excluding tert-OH is 1. The Balaban J connectivity index is 1.46. The van der Waals surface area contributed by atoms with Crippen LogP contribution in [0.2, 0.25) is 0 Å². The van der Waals surface area contributed by atoms with Gasteiger partial charge in [0.25, 0.3) is 0 Å². The van der Waals surface area contributed by atoms with Gasteiger partial charge in [0.05, 0.1) is 12.2 Å². The van der Waals surface area contributed by atoms with Crippen molar-refractivity contribution in [2.45, 2.75) is 102 Å². The summed E-state index contributed by atoms with van der Waals surface area (Å²) in [5, 5.41) is 11.6. The molecule has 9 nitrogen and oxygen atoms in total. The minimum absolute atomic E-state index is 0.0262. The number of fused-ring (bicyclic) bond motifs is 7. The Morgan fingerprint density at radius 2 is 1.80 bits per heavy atom. The quantitative estimate of drug-likeness (QED) is 0.389. The number of aliphatic hydroxyl groups is 1. The summed E-state index contributed by atoms with van der Waals surface area (Å²) in [6.45, 7) is 9.36. The predicted octanol–water partition coefficient (Wildman–Crippen LogP) is 3.91. The third-order valence-electron chi connectivity index (χ3n) is 9.79. The summed E-state index contributed by atoms with van der Waals surface area (Å²) in [6, 6.07) is 0. The first-order chi connectivity index (χ1) is 18.5. The molecule has 1 N–H and O–H groups in total. The average molecular weight is 569 g/mol. The number of esters is 1. The van der Waals surface area contributed by atoms with E-state index in [1.54, 1.807) is 34.6 Å². The standard InChI is InChI=1S/C29H38F2O9/c1-15(2)38-24(35)37-10-9-36-23(34)29-22(39-25(3,4)40-29)13-17-18-12-20(30)19-11-16(32)7-8-26(19,5)28(18,31)21(33)14-27(17,29)6/h7-8,11,15,17-18,20-22,33H,9-10,12-14H2,1-6H3/t17-,18-,20-,21-,22+,26-,27-,28-,29-/m0/s1. The van der Waals surface area contributed by atoms with E-state index in [9.17, 15) is 19.5 Å². The van der Waals surface area contributed by atoms with E-state index in [-0.39, 0.29) is 44.2 Å². The molecule has 4 fully saturated rings. The summed E-state index contributed by atoms with van der Waals surface area (Å²) in [4.78, 5) is 37.6. The summed E-state index contributed by atoms with van der Waals surface area (Å²) >= 11 is 0. The van der Waals surface area contributed by atoms with Crippen LogP contribution in [0.1, 0.15) is 60.8 Å². The van der Waals surface area contributed by atoms with Crippen LogP contribution in [0, 0.1) is 22.7 Å². The molecule has 4 aliphatic carbocycles. The van der Waals surface area contributed by atoms with E-state index >= 15 is 8.78 Å². The molecule has 1 aliphatic heterocycles. The van der Waals surface area contributed by atoms with Gasteiger partial charge >= 0.3 is 12.1 Å². The lowest BCUT2D eigenvalue weighted by atomic mass is 9.44. The number of rotatable bonds is 5. The number of alkyl halides is 2. The summed E-state index contributed by atoms with van der Waals surface area (Å²) < 4.78 is 61.0. The summed E-state index contributed by atoms with van der Waals surface area (Å²) in [6.07, 6.45) is -1.88. The van der Waals surface area contributed by atoms with E-state index in [0.717, 1.165) is 6.08 Å². The number of ether oxygens (including phenoxy) is 5. The van der Waals surface area contributed by atoms with Gasteiger partial charge < -0.3 is 28.8 Å².